The normalized spacial score (nSPS) is 32.7. The average Bonchev–Trinajstić information content (AvgIpc) is 3.56. The number of rotatable bonds is 2. The summed E-state index contributed by atoms with van der Waals surface area (Å²) in [5.41, 5.74) is 11.3. The molecule has 2 bridgehead atoms. The zero-order valence-corrected chi connectivity index (χ0v) is 20.1. The molecule has 4 aliphatic heterocycles. The summed E-state index contributed by atoms with van der Waals surface area (Å²) in [5.74, 6) is -0.334. The highest BCUT2D eigenvalue weighted by molar-refractivity contribution is 6.24. The summed E-state index contributed by atoms with van der Waals surface area (Å²) in [6, 6.07) is 8.13. The van der Waals surface area contributed by atoms with E-state index in [1.807, 2.05) is 19.1 Å². The maximum Gasteiger partial charge on any atom is 0.307 e. The summed E-state index contributed by atoms with van der Waals surface area (Å²) in [7, 11) is 1.40. The highest BCUT2D eigenvalue weighted by atomic mass is 16.6. The van der Waals surface area contributed by atoms with E-state index in [4.69, 9.17) is 15.2 Å². The van der Waals surface area contributed by atoms with Crippen LogP contribution >= 0.6 is 0 Å². The lowest BCUT2D eigenvalue weighted by Gasteiger charge is -2.48. The first-order chi connectivity index (χ1) is 17.4. The molecule has 0 spiro atoms. The van der Waals surface area contributed by atoms with E-state index >= 15 is 0 Å². The molecular formula is C28H26N4O4. The maximum atomic E-state index is 13.3. The third-order valence-corrected chi connectivity index (χ3v) is 9.16. The maximum absolute atomic E-state index is 13.3. The lowest BCUT2D eigenvalue weighted by molar-refractivity contribution is -0.144. The molecule has 8 heteroatoms. The summed E-state index contributed by atoms with van der Waals surface area (Å²) < 4.78 is 14.3. The molecule has 8 rings (SSSR count). The molecule has 1 aromatic heterocycles. The van der Waals surface area contributed by atoms with Crippen LogP contribution in [0.1, 0.15) is 53.4 Å². The number of amides is 1. The molecule has 36 heavy (non-hydrogen) atoms. The Morgan fingerprint density at radius 1 is 1.28 bits per heavy atom. The first-order valence-corrected chi connectivity index (χ1v) is 12.5. The minimum absolute atomic E-state index is 0.0265. The van der Waals surface area contributed by atoms with E-state index < -0.39 is 17.5 Å². The summed E-state index contributed by atoms with van der Waals surface area (Å²) in [4.78, 5) is 28.2. The number of nitrogens with one attached hydrogen (secondary N) is 1. The van der Waals surface area contributed by atoms with Crippen molar-refractivity contribution in [1.82, 2.24) is 9.88 Å². The Morgan fingerprint density at radius 2 is 2.08 bits per heavy atom. The summed E-state index contributed by atoms with van der Waals surface area (Å²) >= 11 is 0. The van der Waals surface area contributed by atoms with Crippen LogP contribution in [0.2, 0.25) is 0 Å². The SMILES string of the molecule is COC(=O)C[C@@]1(N)CC2OC1(C)N1c3c(c4c(c5c6ccccc6n2c35)C(=O)NC4)C2C=CC=CC21. The molecule has 0 radical (unpaired) electrons. The molecule has 0 saturated carbocycles. The zero-order valence-electron chi connectivity index (χ0n) is 20.1. The molecule has 1 amide bonds. The third-order valence-electron chi connectivity index (χ3n) is 9.16. The Kier molecular flexibility index (Phi) is 3.64. The molecule has 5 heterocycles. The van der Waals surface area contributed by atoms with Gasteiger partial charge < -0.3 is 30.0 Å². The second-order valence-electron chi connectivity index (χ2n) is 10.7. The molecule has 5 aliphatic rings. The van der Waals surface area contributed by atoms with E-state index in [0.29, 0.717) is 13.0 Å². The number of carbonyl (C=O) groups is 2. The van der Waals surface area contributed by atoms with Crippen molar-refractivity contribution in [3.8, 4) is 0 Å². The van der Waals surface area contributed by atoms with Gasteiger partial charge in [0.2, 0.25) is 0 Å². The number of methoxy groups -OCH3 is 1. The van der Waals surface area contributed by atoms with Gasteiger partial charge in [0.1, 0.15) is 6.23 Å². The van der Waals surface area contributed by atoms with Crippen LogP contribution in [0.4, 0.5) is 5.69 Å². The largest absolute Gasteiger partial charge is 0.469 e. The first-order valence-electron chi connectivity index (χ1n) is 12.5. The van der Waals surface area contributed by atoms with Crippen LogP contribution in [0.15, 0.2) is 48.6 Å². The number of carbonyl (C=O) groups excluding carboxylic acids is 2. The molecule has 8 nitrogen and oxygen atoms in total. The fraction of sp³-hybridized carbons (Fsp3) is 0.357. The predicted octanol–water partition coefficient (Wildman–Crippen LogP) is 3.35. The van der Waals surface area contributed by atoms with Crippen LogP contribution in [0.3, 0.4) is 0 Å². The Balaban J connectivity index is 1.56. The Labute approximate surface area is 207 Å². The Morgan fingerprint density at radius 3 is 2.92 bits per heavy atom. The highest BCUT2D eigenvalue weighted by Gasteiger charge is 2.65. The molecule has 4 unspecified atom stereocenters. The number of aromatic nitrogens is 1. The number of fused-ring (bicyclic) bond motifs is 13. The molecule has 1 aliphatic carbocycles. The molecule has 1 saturated heterocycles. The summed E-state index contributed by atoms with van der Waals surface area (Å²) in [6.45, 7) is 2.52. The van der Waals surface area contributed by atoms with Crippen molar-refractivity contribution in [2.45, 2.75) is 55.8 Å². The molecule has 5 atom stereocenters. The smallest absolute Gasteiger partial charge is 0.307 e. The van der Waals surface area contributed by atoms with Gasteiger partial charge in [-0.1, -0.05) is 42.5 Å². The van der Waals surface area contributed by atoms with Crippen LogP contribution in [0.25, 0.3) is 21.8 Å². The van der Waals surface area contributed by atoms with E-state index in [9.17, 15) is 9.59 Å². The molecule has 3 aromatic rings. The van der Waals surface area contributed by atoms with Crippen LogP contribution in [0, 0.1) is 0 Å². The molecule has 2 aromatic carbocycles. The van der Waals surface area contributed by atoms with Gasteiger partial charge >= 0.3 is 5.97 Å². The van der Waals surface area contributed by atoms with Crippen molar-refractivity contribution < 1.29 is 19.1 Å². The zero-order chi connectivity index (χ0) is 24.6. The summed E-state index contributed by atoms with van der Waals surface area (Å²) in [6.07, 6.45) is 8.61. The van der Waals surface area contributed by atoms with Crippen molar-refractivity contribution in [2.24, 2.45) is 5.73 Å². The van der Waals surface area contributed by atoms with E-state index in [2.05, 4.69) is 51.2 Å². The van der Waals surface area contributed by atoms with Gasteiger partial charge in [-0.3, -0.25) is 9.59 Å². The fourth-order valence-corrected chi connectivity index (χ4v) is 7.59. The number of esters is 1. The van der Waals surface area contributed by atoms with Gasteiger partial charge in [-0.05, 0) is 24.1 Å². The van der Waals surface area contributed by atoms with Gasteiger partial charge in [0.25, 0.3) is 5.91 Å². The van der Waals surface area contributed by atoms with Gasteiger partial charge in [-0.15, -0.1) is 0 Å². The van der Waals surface area contributed by atoms with Gasteiger partial charge in [0.15, 0.2) is 5.72 Å². The quantitative estimate of drug-likeness (QED) is 0.544. The molecule has 1 fully saturated rings. The Hall–Kier alpha value is -3.62. The predicted molar refractivity (Wildman–Crippen MR) is 135 cm³/mol. The molecule has 3 N–H and O–H groups in total. The second kappa shape index (κ2) is 6.38. The number of nitrogens with two attached hydrogens (primary N) is 1. The van der Waals surface area contributed by atoms with Crippen LogP contribution in [-0.2, 0) is 20.8 Å². The number of ether oxygens (including phenoxy) is 2. The second-order valence-corrected chi connectivity index (χ2v) is 10.7. The first kappa shape index (κ1) is 20.6. The fourth-order valence-electron chi connectivity index (χ4n) is 7.59. The highest BCUT2D eigenvalue weighted by Crippen LogP contribution is 2.62. The van der Waals surface area contributed by atoms with Gasteiger partial charge in [0.05, 0.1) is 47.4 Å². The number of hydrogen-bond donors (Lipinski definition) is 2. The van der Waals surface area contributed by atoms with Crippen molar-refractivity contribution in [3.05, 3.63) is 65.3 Å². The minimum atomic E-state index is -0.992. The van der Waals surface area contributed by atoms with Crippen LogP contribution in [0.5, 0.6) is 0 Å². The Bertz CT molecular complexity index is 1620. The number of benzene rings is 2. The number of para-hydroxylation sites is 1. The van der Waals surface area contributed by atoms with E-state index in [0.717, 1.165) is 44.2 Å². The van der Waals surface area contributed by atoms with Crippen molar-refractivity contribution in [3.63, 3.8) is 0 Å². The lowest BCUT2D eigenvalue weighted by Crippen LogP contribution is -2.67. The van der Waals surface area contributed by atoms with E-state index in [1.54, 1.807) is 0 Å². The molecule has 182 valence electrons. The summed E-state index contributed by atoms with van der Waals surface area (Å²) in [5, 5.41) is 5.10. The van der Waals surface area contributed by atoms with Crippen molar-refractivity contribution >= 4 is 39.4 Å². The van der Waals surface area contributed by atoms with Crippen molar-refractivity contribution in [2.75, 3.05) is 12.0 Å². The van der Waals surface area contributed by atoms with Crippen LogP contribution < -0.4 is 16.0 Å². The van der Waals surface area contributed by atoms with Crippen molar-refractivity contribution in [1.29, 1.82) is 0 Å². The van der Waals surface area contributed by atoms with E-state index in [-0.39, 0.29) is 30.3 Å². The number of anilines is 1. The van der Waals surface area contributed by atoms with Crippen LogP contribution in [-0.4, -0.2) is 40.9 Å². The number of hydrogen-bond acceptors (Lipinski definition) is 6. The van der Waals surface area contributed by atoms with E-state index in [1.165, 1.54) is 7.11 Å². The molecular weight excluding hydrogens is 456 g/mol. The van der Waals surface area contributed by atoms with Gasteiger partial charge in [-0.25, -0.2) is 0 Å². The van der Waals surface area contributed by atoms with Gasteiger partial charge in [0, 0.05) is 29.7 Å². The topological polar surface area (TPSA) is 98.8 Å². The third kappa shape index (κ3) is 2.11. The average molecular weight is 483 g/mol. The minimum Gasteiger partial charge on any atom is -0.469 e. The monoisotopic (exact) mass is 482 g/mol. The number of allylic oxidation sites excluding steroid dienone is 2. The number of nitrogens with zero attached hydrogens (tertiary/aromatic N) is 2. The van der Waals surface area contributed by atoms with Gasteiger partial charge in [-0.2, -0.15) is 0 Å². The standard InChI is InChI=1S/C28H26N4O4/c1-27-28(29,12-20(33)35-2)11-19(36-27)31-17-9-5-3-7-14(17)22-23-16(13-30-26(23)34)21-15-8-4-6-10-18(15)32(27)25(21)24(22)31/h3-10,15,18-19H,11-13,29H2,1-2H3,(H,30,34)/t15?,18?,19?,27?,28-/m0/s1. The lowest BCUT2D eigenvalue weighted by atomic mass is 9.81.